The second-order valence-electron chi connectivity index (χ2n) is 9.76. The molecule has 5 rings (SSSR count). The van der Waals surface area contributed by atoms with E-state index >= 15 is 0 Å². The lowest BCUT2D eigenvalue weighted by atomic mass is 9.88. The van der Waals surface area contributed by atoms with E-state index in [0.29, 0.717) is 17.6 Å². The van der Waals surface area contributed by atoms with Crippen LogP contribution in [0.4, 0.5) is 22.0 Å². The van der Waals surface area contributed by atoms with Gasteiger partial charge in [-0.1, -0.05) is 24.3 Å². The van der Waals surface area contributed by atoms with E-state index in [4.69, 9.17) is 0 Å². The van der Waals surface area contributed by atoms with Gasteiger partial charge in [-0.25, -0.2) is 8.78 Å². The van der Waals surface area contributed by atoms with Gasteiger partial charge >= 0.3 is 6.18 Å². The van der Waals surface area contributed by atoms with Crippen molar-refractivity contribution in [2.75, 3.05) is 6.54 Å². The van der Waals surface area contributed by atoms with E-state index in [-0.39, 0.29) is 37.9 Å². The average Bonchev–Trinajstić information content (AvgIpc) is 3.51. The highest BCUT2D eigenvalue weighted by Gasteiger charge is 2.62. The van der Waals surface area contributed by atoms with Crippen LogP contribution in [-0.2, 0) is 0 Å². The molecule has 2 fully saturated rings. The summed E-state index contributed by atoms with van der Waals surface area (Å²) in [5, 5.41) is 15.9. The Morgan fingerprint density at radius 3 is 2.43 bits per heavy atom. The number of hydrogen-bond acceptors (Lipinski definition) is 4. The number of nitrogens with zero attached hydrogens (tertiary/aromatic N) is 2. The number of fused-ring (bicyclic) bond motifs is 1. The third-order valence-corrected chi connectivity index (χ3v) is 7.52. The number of nitriles is 1. The SMILES string of the molecule is N#CC1=C2C=CC(CC(F)F)=CC2N(C2CCC2)C1=C1C=CC(CCNC2(C(F)(F)F)CC2)=CN1. The summed E-state index contributed by atoms with van der Waals surface area (Å²) in [7, 11) is 0. The fraction of sp³-hybridized carbons (Fsp3) is 0.500. The minimum absolute atomic E-state index is 0.117. The third kappa shape index (κ3) is 4.44. The van der Waals surface area contributed by atoms with Gasteiger partial charge < -0.3 is 15.5 Å². The van der Waals surface area contributed by atoms with Gasteiger partial charge in [-0.15, -0.1) is 0 Å². The maximum absolute atomic E-state index is 13.1. The maximum atomic E-state index is 13.1. The summed E-state index contributed by atoms with van der Waals surface area (Å²) in [5.41, 5.74) is 2.53. The molecule has 2 saturated carbocycles. The minimum Gasteiger partial charge on any atom is -0.360 e. The van der Waals surface area contributed by atoms with E-state index in [9.17, 15) is 27.2 Å². The molecule has 0 aromatic carbocycles. The van der Waals surface area contributed by atoms with Crippen molar-refractivity contribution < 1.29 is 22.0 Å². The van der Waals surface area contributed by atoms with Gasteiger partial charge in [0.05, 0.1) is 23.0 Å². The monoisotopic (exact) mass is 490 g/mol. The normalized spacial score (nSPS) is 27.3. The fourth-order valence-electron chi connectivity index (χ4n) is 5.18. The molecule has 0 aromatic heterocycles. The highest BCUT2D eigenvalue weighted by atomic mass is 19.4. The Morgan fingerprint density at radius 2 is 1.89 bits per heavy atom. The van der Waals surface area contributed by atoms with E-state index in [0.717, 1.165) is 41.8 Å². The lowest BCUT2D eigenvalue weighted by Crippen LogP contribution is -2.45. The predicted octanol–water partition coefficient (Wildman–Crippen LogP) is 5.52. The smallest absolute Gasteiger partial charge is 0.360 e. The number of alkyl halides is 5. The topological polar surface area (TPSA) is 51.1 Å². The molecule has 1 atom stereocenters. The summed E-state index contributed by atoms with van der Waals surface area (Å²) in [5.74, 6) is 0. The van der Waals surface area contributed by atoms with Crippen LogP contribution in [0.25, 0.3) is 0 Å². The van der Waals surface area contributed by atoms with Crippen molar-refractivity contribution in [3.05, 3.63) is 70.3 Å². The Kier molecular flexibility index (Phi) is 6.12. The van der Waals surface area contributed by atoms with Crippen molar-refractivity contribution in [2.24, 2.45) is 0 Å². The molecule has 0 bridgehead atoms. The second kappa shape index (κ2) is 8.98. The standard InChI is InChI=1S/C26H27F5N4/c27-23(28)13-17-4-6-19-20(14-32)24(35(22(19)12-17)18-2-1-3-18)21-7-5-16(15-33-21)8-11-34-25(9-10-25)26(29,30)31/h4-7,12,15,18,22-23,33-34H,1-3,8-11,13H2. The summed E-state index contributed by atoms with van der Waals surface area (Å²) in [6, 6.07) is 2.29. The summed E-state index contributed by atoms with van der Waals surface area (Å²) in [6.45, 7) is 0.218. The number of dihydropyridines is 1. The van der Waals surface area contributed by atoms with E-state index < -0.39 is 18.1 Å². The third-order valence-electron chi connectivity index (χ3n) is 7.52. The Balaban J connectivity index is 1.35. The molecule has 2 N–H and O–H groups in total. The molecule has 3 aliphatic carbocycles. The highest BCUT2D eigenvalue weighted by Crippen LogP contribution is 2.49. The number of allylic oxidation sites excluding steroid dienone is 5. The molecule has 9 heteroatoms. The van der Waals surface area contributed by atoms with Crippen molar-refractivity contribution in [1.29, 1.82) is 5.26 Å². The molecular formula is C26H27F5N4. The van der Waals surface area contributed by atoms with Crippen molar-refractivity contribution in [3.63, 3.8) is 0 Å². The predicted molar refractivity (Wildman–Crippen MR) is 122 cm³/mol. The lowest BCUT2D eigenvalue weighted by Gasteiger charge is -2.42. The van der Waals surface area contributed by atoms with Gasteiger partial charge in [0.25, 0.3) is 0 Å². The van der Waals surface area contributed by atoms with E-state index in [1.807, 2.05) is 18.2 Å². The first-order chi connectivity index (χ1) is 16.7. The zero-order chi connectivity index (χ0) is 24.8. The van der Waals surface area contributed by atoms with Crippen LogP contribution >= 0.6 is 0 Å². The molecule has 186 valence electrons. The van der Waals surface area contributed by atoms with Gasteiger partial charge in [0.2, 0.25) is 6.43 Å². The summed E-state index contributed by atoms with van der Waals surface area (Å²) in [4.78, 5) is 2.18. The van der Waals surface area contributed by atoms with Gasteiger partial charge in [-0.05, 0) is 61.3 Å². The van der Waals surface area contributed by atoms with E-state index in [2.05, 4.69) is 21.6 Å². The second-order valence-corrected chi connectivity index (χ2v) is 9.76. The van der Waals surface area contributed by atoms with Crippen LogP contribution in [0, 0.1) is 11.3 Å². The number of hydrogen-bond donors (Lipinski definition) is 2. The van der Waals surface area contributed by atoms with Gasteiger partial charge in [-0.2, -0.15) is 18.4 Å². The van der Waals surface area contributed by atoms with Gasteiger partial charge in [-0.3, -0.25) is 0 Å². The van der Waals surface area contributed by atoms with Crippen LogP contribution in [0.5, 0.6) is 0 Å². The van der Waals surface area contributed by atoms with Gasteiger partial charge in [0, 0.05) is 25.2 Å². The van der Waals surface area contributed by atoms with Crippen molar-refractivity contribution >= 4 is 0 Å². The summed E-state index contributed by atoms with van der Waals surface area (Å²) >= 11 is 0. The molecule has 5 aliphatic rings. The van der Waals surface area contributed by atoms with Crippen LogP contribution in [0.3, 0.4) is 0 Å². The summed E-state index contributed by atoms with van der Waals surface area (Å²) < 4.78 is 65.4. The number of halogens is 5. The molecule has 4 nitrogen and oxygen atoms in total. The Hall–Kier alpha value is -2.86. The maximum Gasteiger partial charge on any atom is 0.406 e. The quantitative estimate of drug-likeness (QED) is 0.461. The Bertz CT molecular complexity index is 1110. The van der Waals surface area contributed by atoms with Crippen molar-refractivity contribution in [1.82, 2.24) is 15.5 Å². The Morgan fingerprint density at radius 1 is 1.14 bits per heavy atom. The van der Waals surface area contributed by atoms with Crippen LogP contribution in [0.1, 0.15) is 44.9 Å². The largest absolute Gasteiger partial charge is 0.406 e. The van der Waals surface area contributed by atoms with Crippen molar-refractivity contribution in [3.8, 4) is 6.07 Å². The van der Waals surface area contributed by atoms with Crippen LogP contribution in [0.2, 0.25) is 0 Å². The number of rotatable bonds is 7. The highest BCUT2D eigenvalue weighted by molar-refractivity contribution is 5.63. The first-order valence-electron chi connectivity index (χ1n) is 12.0. The molecule has 1 unspecified atom stereocenters. The molecule has 35 heavy (non-hydrogen) atoms. The first-order valence-corrected chi connectivity index (χ1v) is 12.0. The first kappa shape index (κ1) is 23.9. The lowest BCUT2D eigenvalue weighted by molar-refractivity contribution is -0.165. The molecule has 2 aliphatic heterocycles. The van der Waals surface area contributed by atoms with Crippen molar-refractivity contribution in [2.45, 2.75) is 75.2 Å². The summed E-state index contributed by atoms with van der Waals surface area (Å²) in [6.07, 6.45) is 7.50. The molecular weight excluding hydrogens is 463 g/mol. The van der Waals surface area contributed by atoms with E-state index in [1.54, 1.807) is 18.4 Å². The molecule has 0 radical (unpaired) electrons. The zero-order valence-electron chi connectivity index (χ0n) is 19.1. The van der Waals surface area contributed by atoms with Gasteiger partial charge in [0.15, 0.2) is 0 Å². The molecule has 0 saturated heterocycles. The number of nitrogens with one attached hydrogen (secondary N) is 2. The molecule has 0 amide bonds. The molecule has 0 spiro atoms. The van der Waals surface area contributed by atoms with Crippen LogP contribution in [0.15, 0.2) is 70.3 Å². The zero-order valence-corrected chi connectivity index (χ0v) is 19.1. The average molecular weight is 491 g/mol. The van der Waals surface area contributed by atoms with E-state index in [1.165, 1.54) is 0 Å². The fourth-order valence-corrected chi connectivity index (χ4v) is 5.18. The van der Waals surface area contributed by atoms with Gasteiger partial charge in [0.1, 0.15) is 11.6 Å². The molecule has 0 aromatic rings. The minimum atomic E-state index is -4.23. The molecule has 2 heterocycles. The van der Waals surface area contributed by atoms with Crippen LogP contribution < -0.4 is 10.6 Å². The van der Waals surface area contributed by atoms with Crippen LogP contribution in [-0.4, -0.2) is 41.7 Å². The Labute approximate surface area is 201 Å².